The summed E-state index contributed by atoms with van der Waals surface area (Å²) in [6.07, 6.45) is 0. The number of hydrogen-bond acceptors (Lipinski definition) is 5. The number of rotatable bonds is 4. The molecule has 0 radical (unpaired) electrons. The highest BCUT2D eigenvalue weighted by atomic mass is 16.5. The van der Waals surface area contributed by atoms with Gasteiger partial charge in [-0.15, -0.1) is 0 Å². The molecule has 4 N–H and O–H groups in total. The van der Waals surface area contributed by atoms with Crippen LogP contribution in [0.15, 0.2) is 18.2 Å². The zero-order valence-corrected chi connectivity index (χ0v) is 10.6. The number of benzene rings is 1. The lowest BCUT2D eigenvalue weighted by Crippen LogP contribution is -2.52. The second kappa shape index (κ2) is 4.71. The Kier molecular flexibility index (Phi) is 3.04. The highest BCUT2D eigenvalue weighted by molar-refractivity contribution is 5.96. The van der Waals surface area contributed by atoms with E-state index in [2.05, 4.69) is 10.6 Å². The first-order valence-electron chi connectivity index (χ1n) is 6.29. The number of ether oxygens (including phenoxy) is 2. The van der Waals surface area contributed by atoms with Crippen LogP contribution >= 0.6 is 0 Å². The van der Waals surface area contributed by atoms with Crippen LogP contribution in [0.5, 0.6) is 5.75 Å². The fraction of sp³-hybridized carbons (Fsp3) is 0.462. The van der Waals surface area contributed by atoms with Crippen molar-refractivity contribution in [3.63, 3.8) is 0 Å². The van der Waals surface area contributed by atoms with Crippen LogP contribution in [0, 0.1) is 5.41 Å². The topological polar surface area (TPSA) is 85.6 Å². The quantitative estimate of drug-likeness (QED) is 0.732. The van der Waals surface area contributed by atoms with Gasteiger partial charge in [0.15, 0.2) is 6.61 Å². The van der Waals surface area contributed by atoms with Gasteiger partial charge in [0, 0.05) is 24.2 Å². The third-order valence-corrected chi connectivity index (χ3v) is 3.53. The number of nitrogens with one attached hydrogen (secondary N) is 2. The minimum atomic E-state index is -0.129. The number of anilines is 2. The molecule has 6 nitrogen and oxygen atoms in total. The highest BCUT2D eigenvalue weighted by Gasteiger charge is 2.37. The van der Waals surface area contributed by atoms with Gasteiger partial charge >= 0.3 is 0 Å². The Morgan fingerprint density at radius 1 is 1.42 bits per heavy atom. The molecule has 3 rings (SSSR count). The minimum absolute atomic E-state index is 0.0374. The molecule has 1 saturated heterocycles. The van der Waals surface area contributed by atoms with Gasteiger partial charge in [0.2, 0.25) is 0 Å². The summed E-state index contributed by atoms with van der Waals surface area (Å²) in [5, 5.41) is 6.12. The van der Waals surface area contributed by atoms with E-state index in [4.69, 9.17) is 15.2 Å². The maximum absolute atomic E-state index is 11.3. The van der Waals surface area contributed by atoms with E-state index in [1.807, 2.05) is 18.2 Å². The third kappa shape index (κ3) is 2.36. The van der Waals surface area contributed by atoms with E-state index < -0.39 is 0 Å². The normalized spacial score (nSPS) is 19.7. The smallest absolute Gasteiger partial charge is 0.262 e. The Labute approximate surface area is 111 Å². The fourth-order valence-electron chi connectivity index (χ4n) is 2.17. The molecule has 1 aromatic carbocycles. The molecule has 0 saturated carbocycles. The van der Waals surface area contributed by atoms with E-state index in [0.717, 1.165) is 12.2 Å². The monoisotopic (exact) mass is 263 g/mol. The molecule has 2 aliphatic heterocycles. The SMILES string of the molecule is NCC1(CNc2ccc3c(c2)NC(=O)CO3)COC1. The van der Waals surface area contributed by atoms with Gasteiger partial charge in [0.25, 0.3) is 5.91 Å². The van der Waals surface area contributed by atoms with Crippen LogP contribution in [-0.2, 0) is 9.53 Å². The van der Waals surface area contributed by atoms with Crippen molar-refractivity contribution < 1.29 is 14.3 Å². The van der Waals surface area contributed by atoms with Crippen LogP contribution in [0.4, 0.5) is 11.4 Å². The van der Waals surface area contributed by atoms with Crippen molar-refractivity contribution in [3.8, 4) is 5.75 Å². The molecule has 6 heteroatoms. The van der Waals surface area contributed by atoms with Gasteiger partial charge in [-0.2, -0.15) is 0 Å². The van der Waals surface area contributed by atoms with Crippen molar-refractivity contribution in [2.75, 3.05) is 43.5 Å². The molecule has 1 amide bonds. The summed E-state index contributed by atoms with van der Waals surface area (Å²) < 4.78 is 10.5. The maximum atomic E-state index is 11.3. The van der Waals surface area contributed by atoms with E-state index >= 15 is 0 Å². The summed E-state index contributed by atoms with van der Waals surface area (Å²) in [4.78, 5) is 11.3. The lowest BCUT2D eigenvalue weighted by Gasteiger charge is -2.40. The maximum Gasteiger partial charge on any atom is 0.262 e. The molecule has 0 spiro atoms. The van der Waals surface area contributed by atoms with Crippen molar-refractivity contribution in [2.45, 2.75) is 0 Å². The highest BCUT2D eigenvalue weighted by Crippen LogP contribution is 2.32. The molecule has 19 heavy (non-hydrogen) atoms. The molecule has 0 aliphatic carbocycles. The third-order valence-electron chi connectivity index (χ3n) is 3.53. The largest absolute Gasteiger partial charge is 0.482 e. The summed E-state index contributed by atoms with van der Waals surface area (Å²) in [5.41, 5.74) is 7.44. The van der Waals surface area contributed by atoms with Crippen LogP contribution in [-0.4, -0.2) is 38.8 Å². The average Bonchev–Trinajstić information content (AvgIpc) is 2.37. The van der Waals surface area contributed by atoms with E-state index in [1.165, 1.54) is 0 Å². The van der Waals surface area contributed by atoms with E-state index in [0.29, 0.717) is 31.2 Å². The van der Waals surface area contributed by atoms with Gasteiger partial charge in [0.1, 0.15) is 5.75 Å². The van der Waals surface area contributed by atoms with Gasteiger partial charge in [-0.05, 0) is 18.2 Å². The Morgan fingerprint density at radius 3 is 2.95 bits per heavy atom. The van der Waals surface area contributed by atoms with Crippen molar-refractivity contribution in [2.24, 2.45) is 11.1 Å². The number of amides is 1. The number of nitrogens with two attached hydrogens (primary N) is 1. The lowest BCUT2D eigenvalue weighted by molar-refractivity contribution is -0.118. The first-order chi connectivity index (χ1) is 9.21. The van der Waals surface area contributed by atoms with Crippen molar-refractivity contribution in [1.29, 1.82) is 0 Å². The summed E-state index contributed by atoms with van der Waals surface area (Å²) in [7, 11) is 0. The summed E-state index contributed by atoms with van der Waals surface area (Å²) >= 11 is 0. The predicted octanol–water partition coefficient (Wildman–Crippen LogP) is 0.405. The van der Waals surface area contributed by atoms with Crippen molar-refractivity contribution in [3.05, 3.63) is 18.2 Å². The first-order valence-corrected chi connectivity index (χ1v) is 6.29. The number of fused-ring (bicyclic) bond motifs is 1. The first kappa shape index (κ1) is 12.3. The van der Waals surface area contributed by atoms with Crippen LogP contribution < -0.4 is 21.1 Å². The second-order valence-electron chi connectivity index (χ2n) is 5.10. The predicted molar refractivity (Wildman–Crippen MR) is 71.4 cm³/mol. The van der Waals surface area contributed by atoms with Crippen LogP contribution in [0.25, 0.3) is 0 Å². The zero-order valence-electron chi connectivity index (χ0n) is 10.6. The Balaban J connectivity index is 1.68. The molecule has 2 aliphatic rings. The number of carbonyl (C=O) groups is 1. The van der Waals surface area contributed by atoms with Crippen LogP contribution in [0.2, 0.25) is 0 Å². The number of hydrogen-bond donors (Lipinski definition) is 3. The zero-order chi connectivity index (χ0) is 13.3. The summed E-state index contributed by atoms with van der Waals surface area (Å²) in [5.74, 6) is 0.570. The molecule has 0 atom stereocenters. The standard InChI is InChI=1S/C13H17N3O3/c14-5-13(7-18-8-13)6-15-9-1-2-11-10(3-9)16-12(17)4-19-11/h1-3,15H,4-8,14H2,(H,16,17). The van der Waals surface area contributed by atoms with Gasteiger partial charge in [-0.3, -0.25) is 4.79 Å². The molecule has 0 aromatic heterocycles. The summed E-state index contributed by atoms with van der Waals surface area (Å²) in [6, 6.07) is 5.65. The molecule has 0 unspecified atom stereocenters. The second-order valence-corrected chi connectivity index (χ2v) is 5.10. The van der Waals surface area contributed by atoms with E-state index in [-0.39, 0.29) is 17.9 Å². The van der Waals surface area contributed by atoms with Crippen molar-refractivity contribution >= 4 is 17.3 Å². The molecular formula is C13H17N3O3. The van der Waals surface area contributed by atoms with Crippen molar-refractivity contribution in [1.82, 2.24) is 0 Å². The molecular weight excluding hydrogens is 246 g/mol. The summed E-state index contributed by atoms with van der Waals surface area (Å²) in [6.45, 7) is 2.83. The molecule has 2 heterocycles. The van der Waals surface area contributed by atoms with Crippen LogP contribution in [0.3, 0.4) is 0 Å². The van der Waals surface area contributed by atoms with E-state index in [1.54, 1.807) is 0 Å². The number of carbonyl (C=O) groups excluding carboxylic acids is 1. The Bertz CT molecular complexity index is 494. The Morgan fingerprint density at radius 2 is 2.26 bits per heavy atom. The molecule has 0 bridgehead atoms. The van der Waals surface area contributed by atoms with Gasteiger partial charge in [-0.1, -0.05) is 0 Å². The molecule has 1 fully saturated rings. The molecule has 102 valence electrons. The average molecular weight is 263 g/mol. The minimum Gasteiger partial charge on any atom is -0.482 e. The molecule has 1 aromatic rings. The van der Waals surface area contributed by atoms with Gasteiger partial charge in [0.05, 0.1) is 18.9 Å². The van der Waals surface area contributed by atoms with Crippen LogP contribution in [0.1, 0.15) is 0 Å². The van der Waals surface area contributed by atoms with Gasteiger partial charge in [-0.25, -0.2) is 0 Å². The van der Waals surface area contributed by atoms with E-state index in [9.17, 15) is 4.79 Å². The van der Waals surface area contributed by atoms with Gasteiger partial charge < -0.3 is 25.8 Å². The Hall–Kier alpha value is -1.79. The fourth-order valence-corrected chi connectivity index (χ4v) is 2.17. The lowest BCUT2D eigenvalue weighted by atomic mass is 9.86.